The first kappa shape index (κ1) is 20.7. The molecule has 1 N–H and O–H groups in total. The molecule has 0 bridgehead atoms. The molecule has 1 aliphatic carbocycles. The zero-order chi connectivity index (χ0) is 20.1. The van der Waals surface area contributed by atoms with Crippen molar-refractivity contribution >= 4 is 10.0 Å². The van der Waals surface area contributed by atoms with Gasteiger partial charge in [-0.25, -0.2) is 17.5 Å². The second-order valence-electron chi connectivity index (χ2n) is 7.22. The molecule has 0 saturated heterocycles. The number of ether oxygens (including phenoxy) is 1. The Morgan fingerprint density at radius 2 is 2.18 bits per heavy atom. The van der Waals surface area contributed by atoms with Gasteiger partial charge in [0.1, 0.15) is 28.6 Å². The number of nitrogens with zero attached hydrogens (tertiary/aromatic N) is 3. The average Bonchev–Trinajstić information content (AvgIpc) is 3.07. The molecule has 1 saturated carbocycles. The third kappa shape index (κ3) is 4.88. The Bertz CT molecular complexity index is 900. The van der Waals surface area contributed by atoms with Crippen LogP contribution in [0.3, 0.4) is 0 Å². The zero-order valence-electron chi connectivity index (χ0n) is 16.3. The van der Waals surface area contributed by atoms with Gasteiger partial charge in [-0.1, -0.05) is 13.3 Å². The number of unbranched alkanes of at least 4 members (excludes halogenated alkanes) is 1. The Morgan fingerprint density at radius 1 is 1.36 bits per heavy atom. The normalized spacial score (nSPS) is 20.2. The minimum atomic E-state index is -3.96. The highest BCUT2D eigenvalue weighted by atomic mass is 32.2. The number of benzene rings is 1. The van der Waals surface area contributed by atoms with E-state index >= 15 is 0 Å². The minimum Gasteiger partial charge on any atom is -0.493 e. The number of halogens is 1. The van der Waals surface area contributed by atoms with Crippen LogP contribution in [-0.2, 0) is 10.0 Å². The second-order valence-corrected chi connectivity index (χ2v) is 8.90. The number of sulfonamides is 1. The summed E-state index contributed by atoms with van der Waals surface area (Å²) in [6.07, 6.45) is 6.66. The van der Waals surface area contributed by atoms with E-state index in [0.717, 1.165) is 44.0 Å². The van der Waals surface area contributed by atoms with Crippen LogP contribution in [-0.4, -0.2) is 35.8 Å². The molecule has 28 heavy (non-hydrogen) atoms. The van der Waals surface area contributed by atoms with Gasteiger partial charge in [0.25, 0.3) is 0 Å². The van der Waals surface area contributed by atoms with Crippen LogP contribution in [0, 0.1) is 12.7 Å². The third-order valence-electron chi connectivity index (χ3n) is 5.07. The largest absolute Gasteiger partial charge is 0.493 e. The number of hydrogen-bond acceptors (Lipinski definition) is 5. The summed E-state index contributed by atoms with van der Waals surface area (Å²) in [5, 5.41) is 7.90. The molecule has 0 amide bonds. The molecule has 1 aromatic heterocycles. The lowest BCUT2D eigenvalue weighted by Crippen LogP contribution is -2.39. The van der Waals surface area contributed by atoms with Gasteiger partial charge in [0.15, 0.2) is 0 Å². The van der Waals surface area contributed by atoms with Crippen LogP contribution < -0.4 is 9.46 Å². The van der Waals surface area contributed by atoms with Crippen molar-refractivity contribution in [3.05, 3.63) is 36.2 Å². The summed E-state index contributed by atoms with van der Waals surface area (Å²) < 4.78 is 50.0. The Kier molecular flexibility index (Phi) is 6.66. The van der Waals surface area contributed by atoms with Gasteiger partial charge in [-0.2, -0.15) is 0 Å². The van der Waals surface area contributed by atoms with Gasteiger partial charge in [0, 0.05) is 18.2 Å². The summed E-state index contributed by atoms with van der Waals surface area (Å²) in [4.78, 5) is -0.349. The maximum atomic E-state index is 14.4. The van der Waals surface area contributed by atoms with E-state index in [4.69, 9.17) is 4.74 Å². The van der Waals surface area contributed by atoms with E-state index in [1.165, 1.54) is 12.1 Å². The average molecular weight is 411 g/mol. The van der Waals surface area contributed by atoms with Crippen LogP contribution in [0.5, 0.6) is 5.75 Å². The Balaban J connectivity index is 1.68. The first-order chi connectivity index (χ1) is 13.4. The molecule has 0 aliphatic heterocycles. The van der Waals surface area contributed by atoms with Gasteiger partial charge in [-0.3, -0.25) is 0 Å². The number of nitrogens with one attached hydrogen (secondary N) is 1. The highest BCUT2D eigenvalue weighted by molar-refractivity contribution is 7.89. The highest BCUT2D eigenvalue weighted by Crippen LogP contribution is 2.30. The minimum absolute atomic E-state index is 0.135. The van der Waals surface area contributed by atoms with E-state index < -0.39 is 15.8 Å². The fourth-order valence-electron chi connectivity index (χ4n) is 3.59. The van der Waals surface area contributed by atoms with Crippen molar-refractivity contribution in [1.29, 1.82) is 0 Å². The van der Waals surface area contributed by atoms with E-state index in [2.05, 4.69) is 14.9 Å². The van der Waals surface area contributed by atoms with Crippen molar-refractivity contribution in [3.63, 3.8) is 0 Å². The molecule has 2 atom stereocenters. The first-order valence-electron chi connectivity index (χ1n) is 9.71. The number of aromatic nitrogens is 3. The molecule has 2 aromatic rings. The first-order valence-corrected chi connectivity index (χ1v) is 11.2. The van der Waals surface area contributed by atoms with Crippen LogP contribution in [0.15, 0.2) is 29.4 Å². The summed E-state index contributed by atoms with van der Waals surface area (Å²) in [6.45, 7) is 4.39. The molecule has 3 rings (SSSR count). The maximum Gasteiger partial charge on any atom is 0.243 e. The van der Waals surface area contributed by atoms with Crippen LogP contribution in [0.2, 0.25) is 0 Å². The standard InChI is InChI=1S/C19H27FN4O3S/c1-3-4-10-27-17-8-9-19(18(20)12-17)28(25,26)23-15-6-5-7-16(11-15)24-13-21-22-14(24)2/h8-9,12-13,15-16,23H,3-7,10-11H2,1-2H3. The molecular formula is C19H27FN4O3S. The van der Waals surface area contributed by atoms with E-state index in [1.807, 2.05) is 18.4 Å². The molecule has 1 aliphatic rings. The van der Waals surface area contributed by atoms with Crippen molar-refractivity contribution < 1.29 is 17.5 Å². The predicted octanol–water partition coefficient (Wildman–Crippen LogP) is 3.37. The van der Waals surface area contributed by atoms with E-state index in [-0.39, 0.29) is 17.0 Å². The van der Waals surface area contributed by atoms with Gasteiger partial charge in [0.2, 0.25) is 10.0 Å². The fraction of sp³-hybridized carbons (Fsp3) is 0.579. The van der Waals surface area contributed by atoms with Crippen molar-refractivity contribution in [3.8, 4) is 5.75 Å². The number of aryl methyl sites for hydroxylation is 1. The molecular weight excluding hydrogens is 383 g/mol. The fourth-order valence-corrected chi connectivity index (χ4v) is 4.93. The Hall–Kier alpha value is -2.00. The maximum absolute atomic E-state index is 14.4. The Labute approximate surface area is 165 Å². The molecule has 0 spiro atoms. The van der Waals surface area contributed by atoms with E-state index in [0.29, 0.717) is 18.8 Å². The topological polar surface area (TPSA) is 86.1 Å². The van der Waals surface area contributed by atoms with Crippen molar-refractivity contribution in [2.45, 2.75) is 69.4 Å². The molecule has 154 valence electrons. The highest BCUT2D eigenvalue weighted by Gasteiger charge is 2.29. The van der Waals surface area contributed by atoms with Gasteiger partial charge in [-0.15, -0.1) is 10.2 Å². The van der Waals surface area contributed by atoms with Crippen molar-refractivity contribution in [2.24, 2.45) is 0 Å². The van der Waals surface area contributed by atoms with Gasteiger partial charge < -0.3 is 9.30 Å². The van der Waals surface area contributed by atoms with E-state index in [1.54, 1.807) is 6.33 Å². The van der Waals surface area contributed by atoms with Crippen LogP contribution in [0.4, 0.5) is 4.39 Å². The van der Waals surface area contributed by atoms with Crippen LogP contribution in [0.25, 0.3) is 0 Å². The molecule has 7 nitrogen and oxygen atoms in total. The SMILES string of the molecule is CCCCOc1ccc(S(=O)(=O)NC2CCCC(n3cnnc3C)C2)c(F)c1. The summed E-state index contributed by atoms with van der Waals surface area (Å²) in [5.74, 6) is 0.340. The molecule has 1 heterocycles. The van der Waals surface area contributed by atoms with E-state index in [9.17, 15) is 12.8 Å². The summed E-state index contributed by atoms with van der Waals surface area (Å²) >= 11 is 0. The number of hydrogen-bond donors (Lipinski definition) is 1. The smallest absolute Gasteiger partial charge is 0.243 e. The molecule has 2 unspecified atom stereocenters. The Morgan fingerprint density at radius 3 is 2.86 bits per heavy atom. The number of rotatable bonds is 8. The lowest BCUT2D eigenvalue weighted by molar-refractivity contribution is 0.302. The van der Waals surface area contributed by atoms with Gasteiger partial charge >= 0.3 is 0 Å². The van der Waals surface area contributed by atoms with Gasteiger partial charge in [0.05, 0.1) is 6.61 Å². The second kappa shape index (κ2) is 9.00. The summed E-state index contributed by atoms with van der Waals surface area (Å²) in [7, 11) is -3.96. The molecule has 9 heteroatoms. The molecule has 1 aromatic carbocycles. The quantitative estimate of drug-likeness (QED) is 0.675. The predicted molar refractivity (Wildman–Crippen MR) is 103 cm³/mol. The van der Waals surface area contributed by atoms with Crippen LogP contribution >= 0.6 is 0 Å². The van der Waals surface area contributed by atoms with Crippen LogP contribution in [0.1, 0.15) is 57.3 Å². The monoisotopic (exact) mass is 410 g/mol. The summed E-state index contributed by atoms with van der Waals surface area (Å²) in [5.41, 5.74) is 0. The van der Waals surface area contributed by atoms with Gasteiger partial charge in [-0.05, 0) is 51.2 Å². The molecule has 1 fully saturated rings. The summed E-state index contributed by atoms with van der Waals surface area (Å²) in [6, 6.07) is 3.77. The van der Waals surface area contributed by atoms with Crippen molar-refractivity contribution in [2.75, 3.05) is 6.61 Å². The lowest BCUT2D eigenvalue weighted by atomic mass is 9.91. The third-order valence-corrected chi connectivity index (χ3v) is 6.63. The molecule has 0 radical (unpaired) electrons. The van der Waals surface area contributed by atoms with Crippen molar-refractivity contribution in [1.82, 2.24) is 19.5 Å². The zero-order valence-corrected chi connectivity index (χ0v) is 17.1. The lowest BCUT2D eigenvalue weighted by Gasteiger charge is -2.30.